The Bertz CT molecular complexity index is 833. The van der Waals surface area contributed by atoms with Crippen LogP contribution in [0, 0.1) is 5.41 Å². The minimum atomic E-state index is -1.07. The van der Waals surface area contributed by atoms with E-state index in [-0.39, 0.29) is 6.04 Å². The van der Waals surface area contributed by atoms with Gasteiger partial charge in [0.25, 0.3) is 0 Å². The monoisotopic (exact) mass is 400 g/mol. The molecule has 4 heterocycles. The minimum Gasteiger partial charge on any atom is -0.385 e. The molecular weight excluding hydrogens is 372 g/mol. The molecule has 2 fully saturated rings. The van der Waals surface area contributed by atoms with Crippen LogP contribution in [-0.2, 0) is 15.1 Å². The summed E-state index contributed by atoms with van der Waals surface area (Å²) < 4.78 is 11.2. The van der Waals surface area contributed by atoms with Crippen LogP contribution in [0.4, 0.5) is 17.5 Å². The van der Waals surface area contributed by atoms with Gasteiger partial charge in [0.15, 0.2) is 0 Å². The van der Waals surface area contributed by atoms with Gasteiger partial charge in [0.2, 0.25) is 0 Å². The van der Waals surface area contributed by atoms with Crippen molar-refractivity contribution in [3.63, 3.8) is 0 Å². The third-order valence-electron chi connectivity index (χ3n) is 5.65. The molecule has 0 spiro atoms. The summed E-state index contributed by atoms with van der Waals surface area (Å²) in [6, 6.07) is 3.90. The molecule has 2 aliphatic rings. The van der Waals surface area contributed by atoms with E-state index in [0.29, 0.717) is 62.0 Å². The maximum atomic E-state index is 11.6. The van der Waals surface area contributed by atoms with Gasteiger partial charge < -0.3 is 30.2 Å². The molecule has 9 nitrogen and oxygen atoms in total. The SMILES string of the molecule is C[C@@H]1COCCN1c1cc(C2(O)CCCOCC2)c(C=N)c(Nc2ccn[nH]2)n1. The maximum absolute atomic E-state index is 11.6. The molecule has 0 bridgehead atoms. The van der Waals surface area contributed by atoms with Crippen LogP contribution in [0.5, 0.6) is 0 Å². The summed E-state index contributed by atoms with van der Waals surface area (Å²) in [5.41, 5.74) is 0.221. The van der Waals surface area contributed by atoms with Crippen molar-refractivity contribution in [2.75, 3.05) is 43.2 Å². The smallest absolute Gasteiger partial charge is 0.143 e. The molecule has 156 valence electrons. The van der Waals surface area contributed by atoms with E-state index >= 15 is 0 Å². The van der Waals surface area contributed by atoms with Gasteiger partial charge in [-0.25, -0.2) is 4.98 Å². The Balaban J connectivity index is 1.82. The highest BCUT2D eigenvalue weighted by molar-refractivity contribution is 5.89. The lowest BCUT2D eigenvalue weighted by atomic mass is 9.84. The lowest BCUT2D eigenvalue weighted by molar-refractivity contribution is 0.0143. The van der Waals surface area contributed by atoms with Gasteiger partial charge in [0.1, 0.15) is 17.5 Å². The molecule has 2 aromatic rings. The first-order valence-corrected chi connectivity index (χ1v) is 10.1. The number of nitrogens with one attached hydrogen (secondary N) is 3. The summed E-state index contributed by atoms with van der Waals surface area (Å²) in [5, 5.41) is 29.7. The summed E-state index contributed by atoms with van der Waals surface area (Å²) in [4.78, 5) is 7.01. The van der Waals surface area contributed by atoms with Crippen LogP contribution < -0.4 is 10.2 Å². The molecule has 9 heteroatoms. The first kappa shape index (κ1) is 19.8. The third kappa shape index (κ3) is 4.12. The molecule has 0 radical (unpaired) electrons. The highest BCUT2D eigenvalue weighted by atomic mass is 16.5. The fraction of sp³-hybridized carbons (Fsp3) is 0.550. The Morgan fingerprint density at radius 3 is 3.00 bits per heavy atom. The Hall–Kier alpha value is -2.49. The Labute approximate surface area is 169 Å². The average molecular weight is 400 g/mol. The number of hydrogen-bond donors (Lipinski definition) is 4. The lowest BCUT2D eigenvalue weighted by Crippen LogP contribution is -2.44. The first-order chi connectivity index (χ1) is 14.1. The highest BCUT2D eigenvalue weighted by Gasteiger charge is 2.35. The number of aromatic amines is 1. The number of hydrogen-bond acceptors (Lipinski definition) is 8. The Morgan fingerprint density at radius 1 is 1.34 bits per heavy atom. The van der Waals surface area contributed by atoms with Crippen molar-refractivity contribution < 1.29 is 14.6 Å². The molecule has 2 aliphatic heterocycles. The summed E-state index contributed by atoms with van der Waals surface area (Å²) in [5.74, 6) is 1.96. The van der Waals surface area contributed by atoms with Crippen LogP contribution in [0.3, 0.4) is 0 Å². The van der Waals surface area contributed by atoms with Crippen molar-refractivity contribution in [1.29, 1.82) is 5.41 Å². The van der Waals surface area contributed by atoms with Crippen LogP contribution in [0.25, 0.3) is 0 Å². The number of anilines is 3. The van der Waals surface area contributed by atoms with Crippen molar-refractivity contribution in [1.82, 2.24) is 15.2 Å². The molecule has 29 heavy (non-hydrogen) atoms. The van der Waals surface area contributed by atoms with Crippen molar-refractivity contribution in [2.45, 2.75) is 37.8 Å². The quantitative estimate of drug-likeness (QED) is 0.568. The summed E-state index contributed by atoms with van der Waals surface area (Å²) in [7, 11) is 0. The summed E-state index contributed by atoms with van der Waals surface area (Å²) in [6.07, 6.45) is 4.75. The zero-order valence-electron chi connectivity index (χ0n) is 16.6. The predicted molar refractivity (Wildman–Crippen MR) is 110 cm³/mol. The van der Waals surface area contributed by atoms with Crippen LogP contribution in [0.15, 0.2) is 18.3 Å². The second-order valence-corrected chi connectivity index (χ2v) is 7.64. The Morgan fingerprint density at radius 2 is 2.24 bits per heavy atom. The van der Waals surface area contributed by atoms with Gasteiger partial charge in [-0.15, -0.1) is 0 Å². The fourth-order valence-electron chi connectivity index (χ4n) is 4.04. The van der Waals surface area contributed by atoms with Crippen LogP contribution in [0.2, 0.25) is 0 Å². The number of morpholine rings is 1. The van der Waals surface area contributed by atoms with E-state index in [9.17, 15) is 5.11 Å². The largest absolute Gasteiger partial charge is 0.385 e. The van der Waals surface area contributed by atoms with E-state index in [1.165, 1.54) is 6.21 Å². The van der Waals surface area contributed by atoms with Crippen molar-refractivity contribution in [3.8, 4) is 0 Å². The van der Waals surface area contributed by atoms with Gasteiger partial charge in [0.05, 0.1) is 31.1 Å². The number of nitrogens with zero attached hydrogens (tertiary/aromatic N) is 3. The van der Waals surface area contributed by atoms with E-state index in [1.54, 1.807) is 12.3 Å². The number of rotatable bonds is 5. The Kier molecular flexibility index (Phi) is 5.79. The predicted octanol–water partition coefficient (Wildman–Crippen LogP) is 2.16. The lowest BCUT2D eigenvalue weighted by Gasteiger charge is -2.36. The van der Waals surface area contributed by atoms with Gasteiger partial charge in [-0.2, -0.15) is 5.10 Å². The zero-order chi connectivity index (χ0) is 20.3. The molecule has 0 amide bonds. The minimum absolute atomic E-state index is 0.169. The molecular formula is C20H28N6O3. The van der Waals surface area contributed by atoms with Gasteiger partial charge in [-0.3, -0.25) is 5.10 Å². The molecule has 0 saturated carbocycles. The van der Waals surface area contributed by atoms with Gasteiger partial charge in [-0.05, 0) is 31.4 Å². The van der Waals surface area contributed by atoms with Crippen LogP contribution in [0.1, 0.15) is 37.3 Å². The molecule has 2 atom stereocenters. The second kappa shape index (κ2) is 8.48. The van der Waals surface area contributed by atoms with Gasteiger partial charge in [0, 0.05) is 44.0 Å². The van der Waals surface area contributed by atoms with E-state index in [4.69, 9.17) is 19.9 Å². The third-order valence-corrected chi connectivity index (χ3v) is 5.65. The van der Waals surface area contributed by atoms with Gasteiger partial charge >= 0.3 is 0 Å². The first-order valence-electron chi connectivity index (χ1n) is 10.1. The fourth-order valence-corrected chi connectivity index (χ4v) is 4.04. The van der Waals surface area contributed by atoms with Crippen LogP contribution >= 0.6 is 0 Å². The van der Waals surface area contributed by atoms with Crippen LogP contribution in [-0.4, -0.2) is 65.5 Å². The number of aliphatic hydroxyl groups is 1. The molecule has 0 aliphatic carbocycles. The number of H-pyrrole nitrogens is 1. The van der Waals surface area contributed by atoms with Crippen molar-refractivity contribution >= 4 is 23.7 Å². The normalized spacial score (nSPS) is 25.4. The average Bonchev–Trinajstić information content (AvgIpc) is 3.13. The standard InChI is InChI=1S/C20H28N6O3/c1-14-13-29-10-7-26(14)18-11-16(20(27)4-2-8-28-9-5-20)15(12-21)19(24-18)23-17-3-6-22-25-17/h3,6,11-12,14,21,27H,2,4-5,7-10,13H2,1H3,(H2,22,23,24,25)/t14-,20?/m1/s1. The van der Waals surface area contributed by atoms with Crippen molar-refractivity contribution in [2.24, 2.45) is 0 Å². The molecule has 2 saturated heterocycles. The highest BCUT2D eigenvalue weighted by Crippen LogP contribution is 2.38. The number of aromatic nitrogens is 3. The topological polar surface area (TPSA) is 119 Å². The number of ether oxygens (including phenoxy) is 2. The second-order valence-electron chi connectivity index (χ2n) is 7.64. The maximum Gasteiger partial charge on any atom is 0.143 e. The van der Waals surface area contributed by atoms with E-state index in [1.807, 2.05) is 6.07 Å². The molecule has 1 unspecified atom stereocenters. The van der Waals surface area contributed by atoms with Gasteiger partial charge in [-0.1, -0.05) is 0 Å². The zero-order valence-corrected chi connectivity index (χ0v) is 16.6. The van der Waals surface area contributed by atoms with E-state index in [0.717, 1.165) is 18.8 Å². The van der Waals surface area contributed by atoms with E-state index in [2.05, 4.69) is 27.3 Å². The summed E-state index contributed by atoms with van der Waals surface area (Å²) in [6.45, 7) is 5.21. The molecule has 0 aromatic carbocycles. The molecule has 2 aromatic heterocycles. The molecule has 4 rings (SSSR count). The molecule has 4 N–H and O–H groups in total. The van der Waals surface area contributed by atoms with Crippen molar-refractivity contribution in [3.05, 3.63) is 29.5 Å². The number of pyridine rings is 1. The van der Waals surface area contributed by atoms with E-state index < -0.39 is 5.60 Å². The summed E-state index contributed by atoms with van der Waals surface area (Å²) >= 11 is 0.